The van der Waals surface area contributed by atoms with Crippen molar-refractivity contribution in [2.75, 3.05) is 0 Å². The van der Waals surface area contributed by atoms with Gasteiger partial charge in [0.2, 0.25) is 5.89 Å². The molecule has 29 heavy (non-hydrogen) atoms. The smallest absolute Gasteiger partial charge is 0.225 e. The standard InChI is InChI=1S/C24H37N3O2/c1-2-3-4-5-6-7-8-9-10-11-12-13-14-15-16-18-21(27-28)24-26-23-22(29-24)19-17-20-25-23/h9-10,17,19-21H,2-8,11-16,18H2,1H3/b10-9-. The van der Waals surface area contributed by atoms with Gasteiger partial charge in [0, 0.05) is 6.20 Å². The fourth-order valence-corrected chi connectivity index (χ4v) is 3.56. The number of rotatable bonds is 17. The van der Waals surface area contributed by atoms with Crippen LogP contribution in [0, 0.1) is 4.91 Å². The van der Waals surface area contributed by atoms with Gasteiger partial charge in [-0.05, 0) is 44.2 Å². The average molecular weight is 400 g/mol. The van der Waals surface area contributed by atoms with Crippen LogP contribution in [0.3, 0.4) is 0 Å². The maximum atomic E-state index is 11.2. The molecular weight excluding hydrogens is 362 g/mol. The second-order valence-corrected chi connectivity index (χ2v) is 7.87. The lowest BCUT2D eigenvalue weighted by Gasteiger charge is -2.04. The van der Waals surface area contributed by atoms with Gasteiger partial charge in [0.25, 0.3) is 0 Å². The lowest BCUT2D eigenvalue weighted by Crippen LogP contribution is -1.95. The number of fused-ring (bicyclic) bond motifs is 1. The topological polar surface area (TPSA) is 68.3 Å². The fourth-order valence-electron chi connectivity index (χ4n) is 3.56. The van der Waals surface area contributed by atoms with Crippen molar-refractivity contribution in [3.63, 3.8) is 0 Å². The van der Waals surface area contributed by atoms with Crippen molar-refractivity contribution in [1.82, 2.24) is 9.97 Å². The number of nitrogens with zero attached hydrogens (tertiary/aromatic N) is 3. The quantitative estimate of drug-likeness (QED) is 0.153. The van der Waals surface area contributed by atoms with E-state index in [1.807, 2.05) is 6.07 Å². The minimum absolute atomic E-state index is 0.393. The molecule has 2 rings (SSSR count). The molecule has 0 saturated heterocycles. The summed E-state index contributed by atoms with van der Waals surface area (Å²) < 4.78 is 5.62. The lowest BCUT2D eigenvalue weighted by atomic mass is 10.1. The molecule has 0 aliphatic rings. The molecule has 5 nitrogen and oxygen atoms in total. The van der Waals surface area contributed by atoms with Crippen LogP contribution in [0.25, 0.3) is 11.2 Å². The van der Waals surface area contributed by atoms with E-state index in [9.17, 15) is 4.91 Å². The first kappa shape index (κ1) is 23.2. The van der Waals surface area contributed by atoms with Gasteiger partial charge < -0.3 is 4.42 Å². The summed E-state index contributed by atoms with van der Waals surface area (Å²) in [5.41, 5.74) is 1.15. The number of pyridine rings is 1. The highest BCUT2D eigenvalue weighted by molar-refractivity contribution is 5.66. The molecule has 0 aliphatic carbocycles. The summed E-state index contributed by atoms with van der Waals surface area (Å²) in [5, 5.41) is 3.21. The number of allylic oxidation sites excluding steroid dienone is 2. The maximum Gasteiger partial charge on any atom is 0.225 e. The van der Waals surface area contributed by atoms with Gasteiger partial charge in [0.15, 0.2) is 17.3 Å². The summed E-state index contributed by atoms with van der Waals surface area (Å²) in [6.07, 6.45) is 23.5. The monoisotopic (exact) mass is 399 g/mol. The van der Waals surface area contributed by atoms with Crippen LogP contribution in [0.15, 0.2) is 40.1 Å². The molecule has 1 unspecified atom stereocenters. The molecule has 5 heteroatoms. The average Bonchev–Trinajstić information content (AvgIpc) is 3.17. The molecule has 1 atom stereocenters. The summed E-state index contributed by atoms with van der Waals surface area (Å²) in [7, 11) is 0. The number of aromatic nitrogens is 2. The van der Waals surface area contributed by atoms with Gasteiger partial charge in [-0.25, -0.2) is 4.98 Å². The van der Waals surface area contributed by atoms with Crippen LogP contribution in [-0.2, 0) is 0 Å². The largest absolute Gasteiger partial charge is 0.436 e. The van der Waals surface area contributed by atoms with Crippen LogP contribution in [0.4, 0.5) is 0 Å². The lowest BCUT2D eigenvalue weighted by molar-refractivity contribution is 0.443. The highest BCUT2D eigenvalue weighted by atomic mass is 16.4. The molecule has 0 aliphatic heterocycles. The number of nitroso groups, excluding NO2 is 1. The molecule has 0 saturated carbocycles. The Balaban J connectivity index is 1.47. The van der Waals surface area contributed by atoms with Crippen LogP contribution < -0.4 is 0 Å². The van der Waals surface area contributed by atoms with Gasteiger partial charge in [0.05, 0.1) is 0 Å². The van der Waals surface area contributed by atoms with Crippen LogP contribution in [0.5, 0.6) is 0 Å². The number of unbranched alkanes of at least 4 members (excludes halogenated alkanes) is 11. The molecule has 0 fully saturated rings. The van der Waals surface area contributed by atoms with Crippen LogP contribution in [0.2, 0.25) is 0 Å². The first-order chi connectivity index (χ1) is 14.3. The molecule has 0 aromatic carbocycles. The van der Waals surface area contributed by atoms with Gasteiger partial charge in [-0.3, -0.25) is 0 Å². The summed E-state index contributed by atoms with van der Waals surface area (Å²) in [5.74, 6) is 0.393. The molecule has 2 aromatic heterocycles. The SMILES string of the molecule is CCCCCCCC/C=C\CCCCCCCC(N=O)c1nc2ncccc2o1. The molecule has 2 heterocycles. The normalized spacial score (nSPS) is 12.7. The highest BCUT2D eigenvalue weighted by Crippen LogP contribution is 2.26. The van der Waals surface area contributed by atoms with Crippen LogP contribution in [-0.4, -0.2) is 9.97 Å². The molecule has 0 spiro atoms. The minimum atomic E-state index is -0.505. The van der Waals surface area contributed by atoms with E-state index in [-0.39, 0.29) is 0 Å². The van der Waals surface area contributed by atoms with E-state index in [4.69, 9.17) is 4.42 Å². The Morgan fingerprint density at radius 3 is 2.28 bits per heavy atom. The van der Waals surface area contributed by atoms with Crippen molar-refractivity contribution in [1.29, 1.82) is 0 Å². The van der Waals surface area contributed by atoms with Gasteiger partial charge in [-0.1, -0.05) is 82.0 Å². The van der Waals surface area contributed by atoms with Crippen molar-refractivity contribution in [2.24, 2.45) is 5.18 Å². The Labute approximate surface area is 175 Å². The molecule has 0 amide bonds. The number of oxazole rings is 1. The summed E-state index contributed by atoms with van der Waals surface area (Å²) in [4.78, 5) is 19.6. The van der Waals surface area contributed by atoms with Crippen molar-refractivity contribution >= 4 is 11.2 Å². The predicted octanol–water partition coefficient (Wildman–Crippen LogP) is 8.07. The number of hydrogen-bond donors (Lipinski definition) is 0. The van der Waals surface area contributed by atoms with Gasteiger partial charge in [-0.2, -0.15) is 4.98 Å². The second kappa shape index (κ2) is 14.9. The second-order valence-electron chi connectivity index (χ2n) is 7.87. The molecule has 2 aromatic rings. The molecule has 160 valence electrons. The molecule has 0 radical (unpaired) electrons. The highest BCUT2D eigenvalue weighted by Gasteiger charge is 2.18. The van der Waals surface area contributed by atoms with E-state index < -0.39 is 6.04 Å². The maximum absolute atomic E-state index is 11.2. The number of hydrogen-bond acceptors (Lipinski definition) is 5. The Morgan fingerprint density at radius 2 is 1.62 bits per heavy atom. The third-order valence-corrected chi connectivity index (χ3v) is 5.33. The summed E-state index contributed by atoms with van der Waals surface area (Å²) >= 11 is 0. The third kappa shape index (κ3) is 9.33. The van der Waals surface area contributed by atoms with Crippen molar-refractivity contribution in [2.45, 2.75) is 103 Å². The van der Waals surface area contributed by atoms with E-state index in [2.05, 4.69) is 34.2 Å². The molecule has 0 N–H and O–H groups in total. The van der Waals surface area contributed by atoms with Crippen LogP contribution in [0.1, 0.15) is 109 Å². The zero-order chi connectivity index (χ0) is 20.6. The van der Waals surface area contributed by atoms with E-state index in [1.54, 1.807) is 12.3 Å². The van der Waals surface area contributed by atoms with Crippen molar-refractivity contribution < 1.29 is 4.42 Å². The summed E-state index contributed by atoms with van der Waals surface area (Å²) in [6.45, 7) is 2.26. The van der Waals surface area contributed by atoms with E-state index in [1.165, 1.54) is 70.6 Å². The van der Waals surface area contributed by atoms with Gasteiger partial charge in [0.1, 0.15) is 0 Å². The first-order valence-electron chi connectivity index (χ1n) is 11.5. The van der Waals surface area contributed by atoms with Crippen molar-refractivity contribution in [3.05, 3.63) is 41.3 Å². The Kier molecular flexibility index (Phi) is 11.9. The zero-order valence-electron chi connectivity index (χ0n) is 18.0. The predicted molar refractivity (Wildman–Crippen MR) is 120 cm³/mol. The van der Waals surface area contributed by atoms with Gasteiger partial charge >= 0.3 is 0 Å². The summed E-state index contributed by atoms with van der Waals surface area (Å²) in [6, 6.07) is 3.10. The van der Waals surface area contributed by atoms with Crippen LogP contribution >= 0.6 is 0 Å². The van der Waals surface area contributed by atoms with E-state index in [0.29, 0.717) is 23.5 Å². The Hall–Kier alpha value is -2.04. The van der Waals surface area contributed by atoms with Crippen molar-refractivity contribution in [3.8, 4) is 0 Å². The Morgan fingerprint density at radius 1 is 0.966 bits per heavy atom. The Bertz CT molecular complexity index is 678. The molecule has 0 bridgehead atoms. The fraction of sp³-hybridized carbons (Fsp3) is 0.667. The third-order valence-electron chi connectivity index (χ3n) is 5.33. The zero-order valence-corrected chi connectivity index (χ0v) is 18.0. The molecular formula is C24H37N3O2. The first-order valence-corrected chi connectivity index (χ1v) is 11.5. The van der Waals surface area contributed by atoms with Gasteiger partial charge in [-0.15, -0.1) is 4.91 Å². The minimum Gasteiger partial charge on any atom is -0.436 e. The van der Waals surface area contributed by atoms with E-state index >= 15 is 0 Å². The van der Waals surface area contributed by atoms with E-state index in [0.717, 1.165) is 12.8 Å².